The van der Waals surface area contributed by atoms with Gasteiger partial charge in [-0.1, -0.05) is 18.2 Å². The molecule has 26 heavy (non-hydrogen) atoms. The monoisotopic (exact) mass is 354 g/mol. The summed E-state index contributed by atoms with van der Waals surface area (Å²) in [5.74, 6) is -1.28. The molecular weight excluding hydrogens is 332 g/mol. The van der Waals surface area contributed by atoms with Crippen LogP contribution in [0.4, 0.5) is 0 Å². The third-order valence-corrected chi connectivity index (χ3v) is 4.27. The molecule has 2 aromatic rings. The van der Waals surface area contributed by atoms with Gasteiger partial charge in [0.2, 0.25) is 0 Å². The van der Waals surface area contributed by atoms with Crippen molar-refractivity contribution in [2.45, 2.75) is 25.8 Å². The van der Waals surface area contributed by atoms with E-state index in [1.54, 1.807) is 20.0 Å². The van der Waals surface area contributed by atoms with Crippen molar-refractivity contribution < 1.29 is 19.1 Å². The Balaban J connectivity index is 1.93. The Labute approximate surface area is 152 Å². The highest BCUT2D eigenvalue weighted by molar-refractivity contribution is 5.94. The van der Waals surface area contributed by atoms with Crippen molar-refractivity contribution in [1.29, 1.82) is 0 Å². The van der Waals surface area contributed by atoms with Crippen LogP contribution in [0.15, 0.2) is 60.6 Å². The molecule has 0 amide bonds. The van der Waals surface area contributed by atoms with E-state index < -0.39 is 17.9 Å². The molecule has 0 radical (unpaired) electrons. The number of para-hydroxylation sites is 1. The summed E-state index contributed by atoms with van der Waals surface area (Å²) in [6.45, 7) is 4.07. The van der Waals surface area contributed by atoms with Crippen LogP contribution >= 0.6 is 0 Å². The van der Waals surface area contributed by atoms with Crippen molar-refractivity contribution in [3.8, 4) is 5.69 Å². The summed E-state index contributed by atoms with van der Waals surface area (Å²) in [5.41, 5.74) is 2.27. The third-order valence-electron chi connectivity index (χ3n) is 4.27. The van der Waals surface area contributed by atoms with E-state index in [1.165, 1.54) is 0 Å². The molecule has 1 aromatic carbocycles. The quantitative estimate of drug-likeness (QED) is 0.808. The van der Waals surface area contributed by atoms with E-state index >= 15 is 0 Å². The molecule has 1 aliphatic heterocycles. The standard InChI is InChI=1S/C20H22N2O4/c1-3-25-19(23)16-12-21-18(20(24)26-4-2)17(16)14-10-11-22(13-14)15-8-6-5-7-9-15/h5-13,17-18,21H,3-4H2,1-2H3. The highest BCUT2D eigenvalue weighted by Gasteiger charge is 2.41. The second-order valence-electron chi connectivity index (χ2n) is 5.88. The van der Waals surface area contributed by atoms with Crippen molar-refractivity contribution in [1.82, 2.24) is 9.88 Å². The summed E-state index contributed by atoms with van der Waals surface area (Å²) in [4.78, 5) is 24.7. The van der Waals surface area contributed by atoms with Crippen LogP contribution in [0.2, 0.25) is 0 Å². The molecule has 1 aromatic heterocycles. The molecule has 0 bridgehead atoms. The fourth-order valence-electron chi connectivity index (χ4n) is 3.11. The number of aromatic nitrogens is 1. The average Bonchev–Trinajstić information content (AvgIpc) is 3.30. The summed E-state index contributed by atoms with van der Waals surface area (Å²) < 4.78 is 12.3. The van der Waals surface area contributed by atoms with Crippen LogP contribution in [0.5, 0.6) is 0 Å². The van der Waals surface area contributed by atoms with Crippen molar-refractivity contribution in [2.24, 2.45) is 0 Å². The Bertz CT molecular complexity index is 810. The van der Waals surface area contributed by atoms with Gasteiger partial charge in [-0.2, -0.15) is 0 Å². The lowest BCUT2D eigenvalue weighted by Crippen LogP contribution is -2.37. The van der Waals surface area contributed by atoms with Gasteiger partial charge in [0.05, 0.1) is 24.7 Å². The number of nitrogens with one attached hydrogen (secondary N) is 1. The van der Waals surface area contributed by atoms with E-state index in [0.717, 1.165) is 11.3 Å². The van der Waals surface area contributed by atoms with Crippen molar-refractivity contribution in [3.05, 3.63) is 66.1 Å². The molecule has 3 rings (SSSR count). The van der Waals surface area contributed by atoms with Crippen LogP contribution in [0, 0.1) is 0 Å². The number of benzene rings is 1. The highest BCUT2D eigenvalue weighted by atomic mass is 16.5. The molecule has 136 valence electrons. The first-order valence-corrected chi connectivity index (χ1v) is 8.68. The van der Waals surface area contributed by atoms with Gasteiger partial charge in [-0.15, -0.1) is 0 Å². The maximum absolute atomic E-state index is 12.4. The molecule has 2 unspecified atom stereocenters. The number of esters is 2. The van der Waals surface area contributed by atoms with Gasteiger partial charge in [-0.3, -0.25) is 0 Å². The smallest absolute Gasteiger partial charge is 0.336 e. The van der Waals surface area contributed by atoms with Crippen LogP contribution in [-0.4, -0.2) is 35.8 Å². The maximum Gasteiger partial charge on any atom is 0.336 e. The Hall–Kier alpha value is -3.02. The predicted molar refractivity (Wildman–Crippen MR) is 96.8 cm³/mol. The second kappa shape index (κ2) is 7.91. The molecule has 0 spiro atoms. The lowest BCUT2D eigenvalue weighted by Gasteiger charge is -2.20. The zero-order valence-corrected chi connectivity index (χ0v) is 14.8. The number of hydrogen-bond donors (Lipinski definition) is 1. The molecule has 6 heteroatoms. The molecular formula is C20H22N2O4. The summed E-state index contributed by atoms with van der Waals surface area (Å²) in [6, 6.07) is 11.1. The first-order valence-electron chi connectivity index (χ1n) is 8.68. The van der Waals surface area contributed by atoms with Gasteiger partial charge in [-0.05, 0) is 37.6 Å². The molecule has 0 saturated heterocycles. The average molecular weight is 354 g/mol. The van der Waals surface area contributed by atoms with Gasteiger partial charge >= 0.3 is 11.9 Å². The first-order chi connectivity index (χ1) is 12.7. The lowest BCUT2D eigenvalue weighted by atomic mass is 9.89. The van der Waals surface area contributed by atoms with E-state index in [9.17, 15) is 9.59 Å². The zero-order valence-electron chi connectivity index (χ0n) is 14.8. The Morgan fingerprint density at radius 1 is 1.08 bits per heavy atom. The number of nitrogens with zero attached hydrogens (tertiary/aromatic N) is 1. The first kappa shape index (κ1) is 17.8. The third kappa shape index (κ3) is 3.49. The number of hydrogen-bond acceptors (Lipinski definition) is 5. The summed E-state index contributed by atoms with van der Waals surface area (Å²) in [5, 5.41) is 2.98. The van der Waals surface area contributed by atoms with Gasteiger partial charge in [0.1, 0.15) is 6.04 Å². The van der Waals surface area contributed by atoms with Gasteiger partial charge in [-0.25, -0.2) is 9.59 Å². The summed E-state index contributed by atoms with van der Waals surface area (Å²) >= 11 is 0. The number of ether oxygens (including phenoxy) is 2. The molecule has 2 atom stereocenters. The van der Waals surface area contributed by atoms with Crippen LogP contribution in [0.3, 0.4) is 0 Å². The van der Waals surface area contributed by atoms with Crippen LogP contribution < -0.4 is 5.32 Å². The van der Waals surface area contributed by atoms with Gasteiger partial charge in [0.25, 0.3) is 0 Å². The predicted octanol–water partition coefficient (Wildman–Crippen LogP) is 2.54. The minimum absolute atomic E-state index is 0.276. The van der Waals surface area contributed by atoms with Crippen LogP contribution in [0.1, 0.15) is 25.3 Å². The van der Waals surface area contributed by atoms with Crippen LogP contribution in [-0.2, 0) is 19.1 Å². The maximum atomic E-state index is 12.4. The fourth-order valence-corrected chi connectivity index (χ4v) is 3.11. The molecule has 6 nitrogen and oxygen atoms in total. The van der Waals surface area contributed by atoms with Crippen molar-refractivity contribution in [3.63, 3.8) is 0 Å². The molecule has 0 saturated carbocycles. The van der Waals surface area contributed by atoms with E-state index in [0.29, 0.717) is 5.57 Å². The number of rotatable bonds is 6. The molecule has 1 N–H and O–H groups in total. The van der Waals surface area contributed by atoms with E-state index in [4.69, 9.17) is 9.47 Å². The van der Waals surface area contributed by atoms with E-state index in [-0.39, 0.29) is 19.2 Å². The summed E-state index contributed by atoms with van der Waals surface area (Å²) in [6.07, 6.45) is 5.39. The Morgan fingerprint density at radius 2 is 1.81 bits per heavy atom. The van der Waals surface area contributed by atoms with Gasteiger partial charge in [0, 0.05) is 24.3 Å². The molecule has 0 fully saturated rings. The van der Waals surface area contributed by atoms with Crippen LogP contribution in [0.25, 0.3) is 5.69 Å². The number of carbonyl (C=O) groups is 2. The Kier molecular flexibility index (Phi) is 5.41. The van der Waals surface area contributed by atoms with Crippen molar-refractivity contribution in [2.75, 3.05) is 13.2 Å². The normalized spacial score (nSPS) is 18.8. The fraction of sp³-hybridized carbons (Fsp3) is 0.300. The largest absolute Gasteiger partial charge is 0.464 e. The minimum Gasteiger partial charge on any atom is -0.464 e. The number of carbonyl (C=O) groups excluding carboxylic acids is 2. The SMILES string of the molecule is CCOC(=O)C1=CNC(C(=O)OCC)C1c1ccn(-c2ccccc2)c1. The summed E-state index contributed by atoms with van der Waals surface area (Å²) in [7, 11) is 0. The lowest BCUT2D eigenvalue weighted by molar-refractivity contribution is -0.145. The molecule has 0 aliphatic carbocycles. The molecule has 2 heterocycles. The van der Waals surface area contributed by atoms with Gasteiger partial charge < -0.3 is 19.4 Å². The zero-order chi connectivity index (χ0) is 18.5. The minimum atomic E-state index is -0.652. The topological polar surface area (TPSA) is 69.6 Å². The van der Waals surface area contributed by atoms with E-state index in [2.05, 4.69) is 5.32 Å². The Morgan fingerprint density at radius 3 is 2.50 bits per heavy atom. The second-order valence-corrected chi connectivity index (χ2v) is 5.88. The van der Waals surface area contributed by atoms with Gasteiger partial charge in [0.15, 0.2) is 0 Å². The van der Waals surface area contributed by atoms with E-state index in [1.807, 2.05) is 53.4 Å². The molecule has 1 aliphatic rings. The van der Waals surface area contributed by atoms with Crippen molar-refractivity contribution >= 4 is 11.9 Å². The highest BCUT2D eigenvalue weighted by Crippen LogP contribution is 2.34.